The van der Waals surface area contributed by atoms with Gasteiger partial charge < -0.3 is 24.2 Å². The van der Waals surface area contributed by atoms with Gasteiger partial charge in [0.2, 0.25) is 0 Å². The maximum atomic E-state index is 13.1. The van der Waals surface area contributed by atoms with Gasteiger partial charge in [0, 0.05) is 25.8 Å². The summed E-state index contributed by atoms with van der Waals surface area (Å²) in [7, 11) is 3.15. The zero-order valence-electron chi connectivity index (χ0n) is 19.6. The topological polar surface area (TPSA) is 85.3 Å². The van der Waals surface area contributed by atoms with Crippen molar-refractivity contribution in [3.8, 4) is 11.5 Å². The van der Waals surface area contributed by atoms with Gasteiger partial charge in [-0.2, -0.15) is 0 Å². The normalized spacial score (nSPS) is 17.5. The van der Waals surface area contributed by atoms with Gasteiger partial charge in [0.25, 0.3) is 11.7 Å². The van der Waals surface area contributed by atoms with Crippen LogP contribution in [0.3, 0.4) is 0 Å². The van der Waals surface area contributed by atoms with Crippen molar-refractivity contribution in [3.05, 3.63) is 64.7 Å². The van der Waals surface area contributed by atoms with E-state index in [1.54, 1.807) is 32.4 Å². The third-order valence-corrected chi connectivity index (χ3v) is 5.62. The summed E-state index contributed by atoms with van der Waals surface area (Å²) in [6.45, 7) is 5.17. The third-order valence-electron chi connectivity index (χ3n) is 5.62. The lowest BCUT2D eigenvalue weighted by molar-refractivity contribution is -0.140. The molecule has 1 aliphatic heterocycles. The summed E-state index contributed by atoms with van der Waals surface area (Å²) >= 11 is 0. The Balaban J connectivity index is 2.13. The first-order chi connectivity index (χ1) is 15.9. The minimum atomic E-state index is -0.728. The number of ether oxygens (including phenoxy) is 3. The van der Waals surface area contributed by atoms with Gasteiger partial charge in [0.15, 0.2) is 0 Å². The number of carbonyl (C=O) groups excluding carboxylic acids is 2. The van der Waals surface area contributed by atoms with Gasteiger partial charge in [0.05, 0.1) is 25.3 Å². The first-order valence-electron chi connectivity index (χ1n) is 11.1. The number of aliphatic hydroxyl groups excluding tert-OH is 1. The van der Waals surface area contributed by atoms with Crippen LogP contribution in [-0.4, -0.2) is 55.7 Å². The fourth-order valence-corrected chi connectivity index (χ4v) is 4.00. The monoisotopic (exact) mass is 453 g/mol. The van der Waals surface area contributed by atoms with Crippen LogP contribution in [0.15, 0.2) is 48.0 Å². The Hall–Kier alpha value is -3.32. The zero-order valence-corrected chi connectivity index (χ0v) is 19.6. The average Bonchev–Trinajstić information content (AvgIpc) is 3.07. The second kappa shape index (κ2) is 11.0. The molecule has 1 atom stereocenters. The standard InChI is InChI=1S/C26H31NO6/c1-5-13-33-20-9-6-8-18(16-20)23-22(25(29)26(30)27(23)12-7-14-31-3)24(28)21-11-10-19(32-4)15-17(21)2/h6,8-11,15-16,23,28H,5,7,12-14H2,1-4H3/b24-22+. The molecule has 2 aromatic rings. The second-order valence-electron chi connectivity index (χ2n) is 7.94. The number of methoxy groups -OCH3 is 2. The number of nitrogens with zero attached hydrogens (tertiary/aromatic N) is 1. The number of likely N-dealkylation sites (tertiary alicyclic amines) is 1. The molecule has 1 unspecified atom stereocenters. The maximum Gasteiger partial charge on any atom is 0.295 e. The van der Waals surface area contributed by atoms with Crippen molar-refractivity contribution in [2.24, 2.45) is 0 Å². The molecule has 1 N–H and O–H groups in total. The minimum absolute atomic E-state index is 0.0679. The highest BCUT2D eigenvalue weighted by molar-refractivity contribution is 6.46. The van der Waals surface area contributed by atoms with E-state index in [1.165, 1.54) is 4.90 Å². The smallest absolute Gasteiger partial charge is 0.295 e. The fourth-order valence-electron chi connectivity index (χ4n) is 4.00. The predicted octanol–water partition coefficient (Wildman–Crippen LogP) is 4.25. The van der Waals surface area contributed by atoms with Crippen molar-refractivity contribution < 1.29 is 28.9 Å². The van der Waals surface area contributed by atoms with E-state index < -0.39 is 17.7 Å². The SMILES string of the molecule is CCCOc1cccc(C2/C(=C(\O)c3ccc(OC)cc3C)C(=O)C(=O)N2CCCOC)c1. The van der Waals surface area contributed by atoms with Crippen LogP contribution < -0.4 is 9.47 Å². The van der Waals surface area contributed by atoms with Gasteiger partial charge >= 0.3 is 0 Å². The quantitative estimate of drug-likeness (QED) is 0.251. The molecule has 1 heterocycles. The van der Waals surface area contributed by atoms with Gasteiger partial charge in [-0.15, -0.1) is 0 Å². The number of benzene rings is 2. The summed E-state index contributed by atoms with van der Waals surface area (Å²) in [5.74, 6) is -0.250. The summed E-state index contributed by atoms with van der Waals surface area (Å²) in [6, 6.07) is 11.8. The van der Waals surface area contributed by atoms with Crippen molar-refractivity contribution in [2.45, 2.75) is 32.7 Å². The Labute approximate surface area is 194 Å². The van der Waals surface area contributed by atoms with Gasteiger partial charge in [0.1, 0.15) is 17.3 Å². The summed E-state index contributed by atoms with van der Waals surface area (Å²) in [6.07, 6.45) is 1.42. The molecule has 0 bridgehead atoms. The lowest BCUT2D eigenvalue weighted by atomic mass is 9.93. The van der Waals surface area contributed by atoms with Gasteiger partial charge in [-0.3, -0.25) is 9.59 Å². The van der Waals surface area contributed by atoms with Gasteiger partial charge in [-0.1, -0.05) is 19.1 Å². The molecule has 0 aromatic heterocycles. The van der Waals surface area contributed by atoms with Crippen molar-refractivity contribution in [2.75, 3.05) is 34.0 Å². The van der Waals surface area contributed by atoms with E-state index in [0.717, 1.165) is 12.0 Å². The number of ketones is 1. The number of amides is 1. The molecule has 176 valence electrons. The lowest BCUT2D eigenvalue weighted by Crippen LogP contribution is -2.31. The van der Waals surface area contributed by atoms with Crippen LogP contribution in [0, 0.1) is 6.92 Å². The third kappa shape index (κ3) is 5.20. The van der Waals surface area contributed by atoms with Crippen molar-refractivity contribution in [1.82, 2.24) is 4.90 Å². The number of aliphatic hydroxyl groups is 1. The molecule has 33 heavy (non-hydrogen) atoms. The van der Waals surface area contributed by atoms with E-state index in [0.29, 0.717) is 48.8 Å². The van der Waals surface area contributed by atoms with Crippen LogP contribution in [0.4, 0.5) is 0 Å². The molecular weight excluding hydrogens is 422 g/mol. The Morgan fingerprint density at radius 3 is 2.52 bits per heavy atom. The predicted molar refractivity (Wildman–Crippen MR) is 125 cm³/mol. The van der Waals surface area contributed by atoms with E-state index in [4.69, 9.17) is 14.2 Å². The minimum Gasteiger partial charge on any atom is -0.507 e. The summed E-state index contributed by atoms with van der Waals surface area (Å²) < 4.78 is 16.1. The van der Waals surface area contributed by atoms with Crippen LogP contribution in [0.1, 0.15) is 42.5 Å². The highest BCUT2D eigenvalue weighted by Crippen LogP contribution is 2.41. The van der Waals surface area contributed by atoms with Crippen molar-refractivity contribution in [1.29, 1.82) is 0 Å². The first kappa shape index (κ1) is 24.3. The summed E-state index contributed by atoms with van der Waals surface area (Å²) in [5, 5.41) is 11.3. The van der Waals surface area contributed by atoms with Crippen LogP contribution in [0.25, 0.3) is 5.76 Å². The van der Waals surface area contributed by atoms with E-state index in [9.17, 15) is 14.7 Å². The number of hydrogen-bond donors (Lipinski definition) is 1. The number of Topliss-reactive ketones (excluding diaryl/α,β-unsaturated/α-hetero) is 1. The van der Waals surface area contributed by atoms with Gasteiger partial charge in [-0.25, -0.2) is 0 Å². The Morgan fingerprint density at radius 1 is 1.06 bits per heavy atom. The van der Waals surface area contributed by atoms with E-state index in [1.807, 2.05) is 38.1 Å². The van der Waals surface area contributed by atoms with E-state index in [2.05, 4.69) is 0 Å². The maximum absolute atomic E-state index is 13.1. The molecule has 1 fully saturated rings. The molecule has 3 rings (SSSR count). The first-order valence-corrected chi connectivity index (χ1v) is 11.1. The van der Waals surface area contributed by atoms with Crippen LogP contribution in [0.5, 0.6) is 11.5 Å². The molecular formula is C26H31NO6. The number of aryl methyl sites for hydroxylation is 1. The molecule has 1 saturated heterocycles. The molecule has 1 amide bonds. The lowest BCUT2D eigenvalue weighted by Gasteiger charge is -2.25. The van der Waals surface area contributed by atoms with Crippen LogP contribution in [-0.2, 0) is 14.3 Å². The molecule has 2 aromatic carbocycles. The molecule has 7 nitrogen and oxygen atoms in total. The van der Waals surface area contributed by atoms with Crippen LogP contribution in [0.2, 0.25) is 0 Å². The molecule has 1 aliphatic rings. The second-order valence-corrected chi connectivity index (χ2v) is 7.94. The van der Waals surface area contributed by atoms with Crippen LogP contribution >= 0.6 is 0 Å². The molecule has 0 radical (unpaired) electrons. The highest BCUT2D eigenvalue weighted by Gasteiger charge is 2.46. The average molecular weight is 454 g/mol. The Morgan fingerprint density at radius 2 is 1.85 bits per heavy atom. The summed E-state index contributed by atoms with van der Waals surface area (Å²) in [4.78, 5) is 27.7. The fraction of sp³-hybridized carbons (Fsp3) is 0.385. The number of rotatable bonds is 10. The Kier molecular flexibility index (Phi) is 8.11. The summed E-state index contributed by atoms with van der Waals surface area (Å²) in [5.41, 5.74) is 1.98. The molecule has 7 heteroatoms. The highest BCUT2D eigenvalue weighted by atomic mass is 16.5. The van der Waals surface area contributed by atoms with E-state index in [-0.39, 0.29) is 11.3 Å². The van der Waals surface area contributed by atoms with Crippen molar-refractivity contribution >= 4 is 17.4 Å². The molecule has 0 saturated carbocycles. The molecule has 0 aliphatic carbocycles. The molecule has 0 spiro atoms. The van der Waals surface area contributed by atoms with E-state index >= 15 is 0 Å². The number of hydrogen-bond acceptors (Lipinski definition) is 6. The largest absolute Gasteiger partial charge is 0.507 e. The van der Waals surface area contributed by atoms with Crippen molar-refractivity contribution in [3.63, 3.8) is 0 Å². The number of carbonyl (C=O) groups is 2. The zero-order chi connectivity index (χ0) is 24.0. The van der Waals surface area contributed by atoms with Gasteiger partial charge in [-0.05, 0) is 61.2 Å². The Bertz CT molecular complexity index is 1040.